The molecule has 0 saturated heterocycles. The van der Waals surface area contributed by atoms with Gasteiger partial charge in [0.05, 0.1) is 15.8 Å². The standard InChI is InChI=1S/C17H12Cl3N3O2S/c18-12-4-2-11(3-5-12)16-22-23-17(25-16)26-9-15(24)21-8-10-1-6-13(19)14(20)7-10/h1-7H,8-9H2,(H,21,24). The second-order valence-corrected chi connectivity index (χ2v) is 7.37. The van der Waals surface area contributed by atoms with E-state index in [4.69, 9.17) is 39.2 Å². The molecule has 0 radical (unpaired) electrons. The summed E-state index contributed by atoms with van der Waals surface area (Å²) in [5.41, 5.74) is 1.62. The normalized spacial score (nSPS) is 10.7. The van der Waals surface area contributed by atoms with Crippen LogP contribution in [0.2, 0.25) is 15.1 Å². The number of nitrogens with zero attached hydrogens (tertiary/aromatic N) is 2. The lowest BCUT2D eigenvalue weighted by Gasteiger charge is -2.05. The molecule has 9 heteroatoms. The summed E-state index contributed by atoms with van der Waals surface area (Å²) in [5.74, 6) is 0.372. The number of carbonyl (C=O) groups excluding carboxylic acids is 1. The highest BCUT2D eigenvalue weighted by Gasteiger charge is 2.11. The summed E-state index contributed by atoms with van der Waals surface area (Å²) in [6.45, 7) is 0.357. The number of amides is 1. The maximum atomic E-state index is 12.0. The van der Waals surface area contributed by atoms with Gasteiger partial charge in [-0.3, -0.25) is 4.79 Å². The smallest absolute Gasteiger partial charge is 0.277 e. The number of thioether (sulfide) groups is 1. The van der Waals surface area contributed by atoms with Crippen LogP contribution in [0.25, 0.3) is 11.5 Å². The Morgan fingerprint density at radius 2 is 1.81 bits per heavy atom. The molecule has 0 aliphatic carbocycles. The van der Waals surface area contributed by atoms with E-state index in [9.17, 15) is 4.79 Å². The predicted octanol–water partition coefficient (Wildman–Crippen LogP) is 5.11. The first-order valence-electron chi connectivity index (χ1n) is 7.44. The number of carbonyl (C=O) groups is 1. The van der Waals surface area contributed by atoms with Gasteiger partial charge in [0.1, 0.15) is 0 Å². The summed E-state index contributed by atoms with van der Waals surface area (Å²) in [4.78, 5) is 12.0. The lowest BCUT2D eigenvalue weighted by molar-refractivity contribution is -0.118. The fourth-order valence-electron chi connectivity index (χ4n) is 2.01. The Morgan fingerprint density at radius 3 is 2.54 bits per heavy atom. The fraction of sp³-hybridized carbons (Fsp3) is 0.118. The van der Waals surface area contributed by atoms with Gasteiger partial charge in [-0.15, -0.1) is 10.2 Å². The summed E-state index contributed by atoms with van der Waals surface area (Å²) < 4.78 is 5.54. The average Bonchev–Trinajstić information content (AvgIpc) is 3.10. The van der Waals surface area contributed by atoms with Crippen LogP contribution in [0.3, 0.4) is 0 Å². The Labute approximate surface area is 169 Å². The van der Waals surface area contributed by atoms with Gasteiger partial charge in [0.25, 0.3) is 5.22 Å². The minimum Gasteiger partial charge on any atom is -0.411 e. The summed E-state index contributed by atoms with van der Waals surface area (Å²) in [6, 6.07) is 12.3. The van der Waals surface area contributed by atoms with Gasteiger partial charge in [-0.05, 0) is 42.0 Å². The van der Waals surface area contributed by atoms with Crippen LogP contribution in [-0.4, -0.2) is 21.9 Å². The first-order valence-corrected chi connectivity index (χ1v) is 9.56. The maximum Gasteiger partial charge on any atom is 0.277 e. The molecule has 2 aromatic carbocycles. The molecule has 0 saturated carbocycles. The number of hydrogen-bond acceptors (Lipinski definition) is 5. The highest BCUT2D eigenvalue weighted by atomic mass is 35.5. The summed E-state index contributed by atoms with van der Waals surface area (Å²) >= 11 is 18.8. The molecule has 0 fully saturated rings. The molecule has 1 N–H and O–H groups in total. The second-order valence-electron chi connectivity index (χ2n) is 5.19. The molecule has 1 heterocycles. The maximum absolute atomic E-state index is 12.0. The largest absolute Gasteiger partial charge is 0.411 e. The van der Waals surface area contributed by atoms with Gasteiger partial charge in [-0.25, -0.2) is 0 Å². The van der Waals surface area contributed by atoms with Crippen molar-refractivity contribution in [2.24, 2.45) is 0 Å². The van der Waals surface area contributed by atoms with Gasteiger partial charge in [-0.1, -0.05) is 52.6 Å². The third kappa shape index (κ3) is 5.14. The Morgan fingerprint density at radius 1 is 1.04 bits per heavy atom. The minimum absolute atomic E-state index is 0.156. The topological polar surface area (TPSA) is 68.0 Å². The molecule has 3 aromatic rings. The Kier molecular flexibility index (Phi) is 6.43. The second kappa shape index (κ2) is 8.77. The number of halogens is 3. The highest BCUT2D eigenvalue weighted by molar-refractivity contribution is 7.99. The van der Waals surface area contributed by atoms with Crippen LogP contribution in [-0.2, 0) is 11.3 Å². The third-order valence-electron chi connectivity index (χ3n) is 3.30. The number of rotatable bonds is 6. The Balaban J connectivity index is 1.50. The predicted molar refractivity (Wildman–Crippen MR) is 104 cm³/mol. The van der Waals surface area contributed by atoms with Gasteiger partial charge in [-0.2, -0.15) is 0 Å². The first kappa shape index (κ1) is 19.0. The zero-order valence-electron chi connectivity index (χ0n) is 13.2. The van der Waals surface area contributed by atoms with Gasteiger partial charge in [0.15, 0.2) is 0 Å². The quantitative estimate of drug-likeness (QED) is 0.553. The van der Waals surface area contributed by atoms with Crippen molar-refractivity contribution in [3.8, 4) is 11.5 Å². The molecule has 0 spiro atoms. The van der Waals surface area contributed by atoms with Crippen molar-refractivity contribution in [1.82, 2.24) is 15.5 Å². The van der Waals surface area contributed by atoms with E-state index in [0.717, 1.165) is 22.9 Å². The highest BCUT2D eigenvalue weighted by Crippen LogP contribution is 2.24. The molecule has 134 valence electrons. The first-order chi connectivity index (χ1) is 12.5. The van der Waals surface area contributed by atoms with Crippen LogP contribution in [0, 0.1) is 0 Å². The van der Waals surface area contributed by atoms with Crippen LogP contribution in [0.1, 0.15) is 5.56 Å². The van der Waals surface area contributed by atoms with Crippen LogP contribution < -0.4 is 5.32 Å². The van der Waals surface area contributed by atoms with Crippen molar-refractivity contribution in [1.29, 1.82) is 0 Å². The zero-order chi connectivity index (χ0) is 18.5. The van der Waals surface area contributed by atoms with E-state index in [1.165, 1.54) is 0 Å². The van der Waals surface area contributed by atoms with E-state index in [2.05, 4.69) is 15.5 Å². The average molecular weight is 429 g/mol. The van der Waals surface area contributed by atoms with Crippen molar-refractivity contribution in [2.45, 2.75) is 11.8 Å². The molecule has 3 rings (SSSR count). The van der Waals surface area contributed by atoms with Gasteiger partial charge in [0, 0.05) is 17.1 Å². The van der Waals surface area contributed by atoms with E-state index in [0.29, 0.717) is 32.7 Å². The number of benzene rings is 2. The van der Waals surface area contributed by atoms with Crippen molar-refractivity contribution >= 4 is 52.5 Å². The van der Waals surface area contributed by atoms with Crippen molar-refractivity contribution in [2.75, 3.05) is 5.75 Å². The molecule has 5 nitrogen and oxygen atoms in total. The van der Waals surface area contributed by atoms with E-state index in [1.54, 1.807) is 42.5 Å². The molecule has 26 heavy (non-hydrogen) atoms. The number of hydrogen-bond donors (Lipinski definition) is 1. The molecule has 0 aliphatic rings. The minimum atomic E-state index is -0.160. The van der Waals surface area contributed by atoms with Crippen LogP contribution in [0.4, 0.5) is 0 Å². The van der Waals surface area contributed by atoms with Crippen molar-refractivity contribution in [3.63, 3.8) is 0 Å². The molecular weight excluding hydrogens is 417 g/mol. The molecular formula is C17H12Cl3N3O2S. The number of nitrogens with one attached hydrogen (secondary N) is 1. The summed E-state index contributed by atoms with van der Waals surface area (Å²) in [5, 5.41) is 12.6. The lowest BCUT2D eigenvalue weighted by atomic mass is 10.2. The fourth-order valence-corrected chi connectivity index (χ4v) is 3.05. The van der Waals surface area contributed by atoms with Crippen LogP contribution >= 0.6 is 46.6 Å². The SMILES string of the molecule is O=C(CSc1nnc(-c2ccc(Cl)cc2)o1)NCc1ccc(Cl)c(Cl)c1. The Bertz CT molecular complexity index is 916. The van der Waals surface area contributed by atoms with Crippen LogP contribution in [0.5, 0.6) is 0 Å². The van der Waals surface area contributed by atoms with Crippen molar-refractivity contribution in [3.05, 3.63) is 63.1 Å². The van der Waals surface area contributed by atoms with Crippen LogP contribution in [0.15, 0.2) is 52.1 Å². The van der Waals surface area contributed by atoms with Crippen molar-refractivity contribution < 1.29 is 9.21 Å². The summed E-state index contributed by atoms with van der Waals surface area (Å²) in [7, 11) is 0. The van der Waals surface area contributed by atoms with E-state index < -0.39 is 0 Å². The van der Waals surface area contributed by atoms with E-state index in [-0.39, 0.29) is 11.7 Å². The molecule has 1 aromatic heterocycles. The molecule has 0 bridgehead atoms. The van der Waals surface area contributed by atoms with E-state index >= 15 is 0 Å². The zero-order valence-corrected chi connectivity index (χ0v) is 16.3. The molecule has 1 amide bonds. The van der Waals surface area contributed by atoms with Gasteiger partial charge >= 0.3 is 0 Å². The summed E-state index contributed by atoms with van der Waals surface area (Å²) in [6.07, 6.45) is 0. The number of aromatic nitrogens is 2. The monoisotopic (exact) mass is 427 g/mol. The van der Waals surface area contributed by atoms with Gasteiger partial charge < -0.3 is 9.73 Å². The molecule has 0 atom stereocenters. The molecule has 0 unspecified atom stereocenters. The third-order valence-corrected chi connectivity index (χ3v) is 5.11. The molecule has 0 aliphatic heterocycles. The lowest BCUT2D eigenvalue weighted by Crippen LogP contribution is -2.24. The van der Waals surface area contributed by atoms with E-state index in [1.807, 2.05) is 0 Å². The Hall–Kier alpha value is -1.73. The van der Waals surface area contributed by atoms with Gasteiger partial charge in [0.2, 0.25) is 11.8 Å².